The van der Waals surface area contributed by atoms with Crippen LogP contribution in [-0.4, -0.2) is 17.9 Å². The van der Waals surface area contributed by atoms with Crippen molar-refractivity contribution in [2.75, 3.05) is 0 Å². The minimum Gasteiger partial charge on any atom is -0.303 e. The number of nitrogens with one attached hydrogen (secondary N) is 1. The highest BCUT2D eigenvalue weighted by Gasteiger charge is 2.38. The second-order valence-electron chi connectivity index (χ2n) is 4.11. The quantitative estimate of drug-likeness (QED) is 0.602. The lowest BCUT2D eigenvalue weighted by Crippen LogP contribution is -2.33. The minimum absolute atomic E-state index is 0.253. The zero-order valence-corrected chi connectivity index (χ0v) is 7.55. The van der Waals surface area contributed by atoms with E-state index in [2.05, 4.69) is 5.32 Å². The fourth-order valence-electron chi connectivity index (χ4n) is 2.82. The minimum atomic E-state index is 0.253. The average Bonchev–Trinajstić information content (AvgIpc) is 2.62. The summed E-state index contributed by atoms with van der Waals surface area (Å²) in [5, 5.41) is 3.54. The van der Waals surface area contributed by atoms with E-state index in [1.165, 1.54) is 18.4 Å². The Hall–Kier alpha value is -0.890. The average molecular weight is 175 g/mol. The van der Waals surface area contributed by atoms with Crippen molar-refractivity contribution in [2.24, 2.45) is 0 Å². The van der Waals surface area contributed by atoms with Gasteiger partial charge < -0.3 is 5.32 Å². The van der Waals surface area contributed by atoms with E-state index < -0.39 is 0 Å². The van der Waals surface area contributed by atoms with Crippen LogP contribution in [0, 0.1) is 0 Å². The number of fused-ring (bicyclic) bond motifs is 2. The van der Waals surface area contributed by atoms with Crippen molar-refractivity contribution in [3.05, 3.63) is 23.3 Å². The molecule has 0 amide bonds. The van der Waals surface area contributed by atoms with E-state index in [4.69, 9.17) is 0 Å². The Morgan fingerprint density at radius 3 is 3.23 bits per heavy atom. The molecular formula is C11H13NO. The van der Waals surface area contributed by atoms with Gasteiger partial charge in [-0.25, -0.2) is 0 Å². The number of ketones is 1. The monoisotopic (exact) mass is 175 g/mol. The van der Waals surface area contributed by atoms with Crippen molar-refractivity contribution in [1.82, 2.24) is 5.32 Å². The summed E-state index contributed by atoms with van der Waals surface area (Å²) >= 11 is 0. The maximum Gasteiger partial charge on any atom is 0.183 e. The first-order valence-electron chi connectivity index (χ1n) is 5.06. The summed E-state index contributed by atoms with van der Waals surface area (Å²) in [6, 6.07) is 0.877. The first kappa shape index (κ1) is 7.51. The molecule has 1 heterocycles. The lowest BCUT2D eigenvalue weighted by molar-refractivity contribution is -0.111. The third-order valence-electron chi connectivity index (χ3n) is 3.36. The molecule has 1 aliphatic heterocycles. The van der Waals surface area contributed by atoms with E-state index in [1.54, 1.807) is 6.08 Å². The van der Waals surface area contributed by atoms with Crippen LogP contribution in [0.3, 0.4) is 0 Å². The number of hydrogen-bond donors (Lipinski definition) is 1. The van der Waals surface area contributed by atoms with Gasteiger partial charge in [-0.05, 0) is 37.3 Å². The van der Waals surface area contributed by atoms with Crippen LogP contribution < -0.4 is 5.32 Å². The van der Waals surface area contributed by atoms with Crippen LogP contribution >= 0.6 is 0 Å². The molecule has 0 aromatic carbocycles. The molecule has 0 bridgehead atoms. The molecule has 68 valence electrons. The van der Waals surface area contributed by atoms with Crippen LogP contribution in [-0.2, 0) is 4.79 Å². The second-order valence-corrected chi connectivity index (χ2v) is 4.11. The van der Waals surface area contributed by atoms with Gasteiger partial charge in [0.15, 0.2) is 5.78 Å². The van der Waals surface area contributed by atoms with Gasteiger partial charge in [0.25, 0.3) is 0 Å². The Balaban J connectivity index is 2.08. The summed E-state index contributed by atoms with van der Waals surface area (Å²) in [6.07, 6.45) is 8.35. The molecule has 0 saturated heterocycles. The molecule has 0 aromatic heterocycles. The number of hydrogen-bond acceptors (Lipinski definition) is 2. The zero-order chi connectivity index (χ0) is 8.84. The normalized spacial score (nSPS) is 36.8. The van der Waals surface area contributed by atoms with E-state index >= 15 is 0 Å². The maximum atomic E-state index is 11.6. The van der Waals surface area contributed by atoms with Gasteiger partial charge >= 0.3 is 0 Å². The molecule has 0 radical (unpaired) electrons. The number of carbonyl (C=O) groups is 1. The smallest absolute Gasteiger partial charge is 0.183 e. The molecule has 1 fully saturated rings. The first-order chi connectivity index (χ1) is 6.36. The highest BCUT2D eigenvalue weighted by molar-refractivity contribution is 6.07. The van der Waals surface area contributed by atoms with Gasteiger partial charge in [-0.1, -0.05) is 6.08 Å². The van der Waals surface area contributed by atoms with Crippen LogP contribution in [0.25, 0.3) is 0 Å². The van der Waals surface area contributed by atoms with Crippen LogP contribution in [0.15, 0.2) is 23.3 Å². The molecule has 2 atom stereocenters. The highest BCUT2D eigenvalue weighted by Crippen LogP contribution is 2.37. The van der Waals surface area contributed by atoms with E-state index in [9.17, 15) is 4.79 Å². The van der Waals surface area contributed by atoms with Gasteiger partial charge in [0.2, 0.25) is 0 Å². The van der Waals surface area contributed by atoms with Gasteiger partial charge in [-0.2, -0.15) is 0 Å². The molecular weight excluding hydrogens is 162 g/mol. The summed E-state index contributed by atoms with van der Waals surface area (Å²) in [4.78, 5) is 11.6. The van der Waals surface area contributed by atoms with Crippen molar-refractivity contribution in [3.8, 4) is 0 Å². The molecule has 0 aromatic rings. The third-order valence-corrected chi connectivity index (χ3v) is 3.36. The summed E-state index contributed by atoms with van der Waals surface area (Å²) in [7, 11) is 0. The van der Waals surface area contributed by atoms with E-state index in [0.717, 1.165) is 18.4 Å². The molecule has 13 heavy (non-hydrogen) atoms. The topological polar surface area (TPSA) is 29.1 Å². The van der Waals surface area contributed by atoms with Crippen LogP contribution in [0.2, 0.25) is 0 Å². The predicted molar refractivity (Wildman–Crippen MR) is 50.4 cm³/mol. The Morgan fingerprint density at radius 2 is 2.31 bits per heavy atom. The number of allylic oxidation sites excluding steroid dienone is 1. The fraction of sp³-hybridized carbons (Fsp3) is 0.545. The van der Waals surface area contributed by atoms with E-state index in [1.807, 2.05) is 6.08 Å². The van der Waals surface area contributed by atoms with Gasteiger partial charge in [0, 0.05) is 17.7 Å². The van der Waals surface area contributed by atoms with Crippen molar-refractivity contribution in [2.45, 2.75) is 37.8 Å². The zero-order valence-electron chi connectivity index (χ0n) is 7.55. The van der Waals surface area contributed by atoms with Crippen molar-refractivity contribution in [1.29, 1.82) is 0 Å². The maximum absolute atomic E-state index is 11.6. The number of rotatable bonds is 0. The van der Waals surface area contributed by atoms with Crippen LogP contribution in [0.5, 0.6) is 0 Å². The lowest BCUT2D eigenvalue weighted by Gasteiger charge is -2.17. The fourth-order valence-corrected chi connectivity index (χ4v) is 2.82. The molecule has 3 rings (SSSR count). The summed E-state index contributed by atoms with van der Waals surface area (Å²) < 4.78 is 0. The van der Waals surface area contributed by atoms with Gasteiger partial charge in [0.1, 0.15) is 0 Å². The molecule has 2 aliphatic carbocycles. The van der Waals surface area contributed by atoms with Crippen LogP contribution in [0.1, 0.15) is 25.7 Å². The Bertz CT molecular complexity index is 327. The predicted octanol–water partition coefficient (Wildman–Crippen LogP) is 1.34. The molecule has 2 nitrogen and oxygen atoms in total. The van der Waals surface area contributed by atoms with E-state index in [0.29, 0.717) is 12.1 Å². The van der Waals surface area contributed by atoms with Gasteiger partial charge in [0.05, 0.1) is 0 Å². The summed E-state index contributed by atoms with van der Waals surface area (Å²) in [6.45, 7) is 0. The third kappa shape index (κ3) is 0.953. The molecule has 2 heteroatoms. The molecule has 3 aliphatic rings. The Kier molecular flexibility index (Phi) is 1.47. The molecule has 2 unspecified atom stereocenters. The van der Waals surface area contributed by atoms with Gasteiger partial charge in [-0.15, -0.1) is 0 Å². The highest BCUT2D eigenvalue weighted by atomic mass is 16.1. The Morgan fingerprint density at radius 1 is 1.38 bits per heavy atom. The largest absolute Gasteiger partial charge is 0.303 e. The van der Waals surface area contributed by atoms with Crippen molar-refractivity contribution < 1.29 is 4.79 Å². The SMILES string of the molecule is O=C1C=CCC2NC3CCCC3=C12. The lowest BCUT2D eigenvalue weighted by atomic mass is 9.93. The van der Waals surface area contributed by atoms with Gasteiger partial charge in [-0.3, -0.25) is 4.79 Å². The molecule has 1 saturated carbocycles. The first-order valence-corrected chi connectivity index (χ1v) is 5.06. The Labute approximate surface area is 77.7 Å². The van der Waals surface area contributed by atoms with Crippen molar-refractivity contribution in [3.63, 3.8) is 0 Å². The molecule has 1 N–H and O–H groups in total. The number of carbonyl (C=O) groups excluding carboxylic acids is 1. The second kappa shape index (κ2) is 2.55. The van der Waals surface area contributed by atoms with Crippen molar-refractivity contribution >= 4 is 5.78 Å². The van der Waals surface area contributed by atoms with Crippen LogP contribution in [0.4, 0.5) is 0 Å². The summed E-state index contributed by atoms with van der Waals surface area (Å²) in [5.41, 5.74) is 2.52. The molecule has 0 spiro atoms. The summed E-state index contributed by atoms with van der Waals surface area (Å²) in [5.74, 6) is 0.253. The van der Waals surface area contributed by atoms with E-state index in [-0.39, 0.29) is 5.78 Å². The standard InChI is InChI=1S/C11H13NO/c13-10-6-2-5-9-11(10)7-3-1-4-8(7)12-9/h2,6,8-9,12H,1,3-5H2.